The van der Waals surface area contributed by atoms with Crippen LogP contribution >= 0.6 is 0 Å². The summed E-state index contributed by atoms with van der Waals surface area (Å²) in [7, 11) is 0. The molecule has 0 fully saturated rings. The molecule has 10 heteroatoms. The van der Waals surface area contributed by atoms with Crippen LogP contribution in [0, 0.1) is 0 Å². The summed E-state index contributed by atoms with van der Waals surface area (Å²) in [5.74, 6) is -0.137. The molecule has 1 aromatic carbocycles. The van der Waals surface area contributed by atoms with Crippen LogP contribution in [-0.4, -0.2) is 49.1 Å². The van der Waals surface area contributed by atoms with Crippen molar-refractivity contribution in [1.29, 1.82) is 0 Å². The molecule has 0 aliphatic rings. The topological polar surface area (TPSA) is 93.8 Å². The number of halogens is 3. The minimum absolute atomic E-state index is 0.0200. The number of nitrogens with one attached hydrogen (secondary N) is 1. The predicted molar refractivity (Wildman–Crippen MR) is 97.3 cm³/mol. The SMILES string of the molecule is CCCOc1ccc(-c2cc(CC(=O)NCCOCCO)on2)c(C(F)(F)F)c1. The van der Waals surface area contributed by atoms with Crippen LogP contribution in [0.3, 0.4) is 0 Å². The third-order valence-electron chi connectivity index (χ3n) is 3.74. The van der Waals surface area contributed by atoms with Gasteiger partial charge in [0.15, 0.2) is 0 Å². The molecule has 2 N–H and O–H groups in total. The maximum Gasteiger partial charge on any atom is 0.417 e. The molecular formula is C19H23F3N2O5. The van der Waals surface area contributed by atoms with Gasteiger partial charge in [-0.25, -0.2) is 0 Å². The lowest BCUT2D eigenvalue weighted by Gasteiger charge is -2.13. The number of nitrogens with zero attached hydrogens (tertiary/aromatic N) is 1. The minimum Gasteiger partial charge on any atom is -0.494 e. The summed E-state index contributed by atoms with van der Waals surface area (Å²) in [4.78, 5) is 11.9. The molecule has 1 amide bonds. The molecule has 0 atom stereocenters. The van der Waals surface area contributed by atoms with Crippen molar-refractivity contribution in [3.05, 3.63) is 35.6 Å². The van der Waals surface area contributed by atoms with Crippen LogP contribution < -0.4 is 10.1 Å². The number of aliphatic hydroxyl groups is 1. The van der Waals surface area contributed by atoms with Crippen molar-refractivity contribution in [2.45, 2.75) is 25.9 Å². The summed E-state index contributed by atoms with van der Waals surface area (Å²) >= 11 is 0. The van der Waals surface area contributed by atoms with Crippen LogP contribution in [0.1, 0.15) is 24.7 Å². The molecule has 7 nitrogen and oxygen atoms in total. The second-order valence-corrected chi connectivity index (χ2v) is 6.09. The van der Waals surface area contributed by atoms with Gasteiger partial charge in [0.05, 0.1) is 38.4 Å². The monoisotopic (exact) mass is 416 g/mol. The predicted octanol–water partition coefficient (Wildman–Crippen LogP) is 2.82. The average Bonchev–Trinajstić information content (AvgIpc) is 3.13. The Kier molecular flexibility index (Phi) is 8.47. The van der Waals surface area contributed by atoms with Crippen LogP contribution in [-0.2, 0) is 22.1 Å². The highest BCUT2D eigenvalue weighted by Gasteiger charge is 2.35. The molecule has 0 bridgehead atoms. The van der Waals surface area contributed by atoms with Crippen molar-refractivity contribution >= 4 is 5.91 Å². The summed E-state index contributed by atoms with van der Waals surface area (Å²) in [6, 6.07) is 4.94. The smallest absolute Gasteiger partial charge is 0.417 e. The van der Waals surface area contributed by atoms with Gasteiger partial charge in [0, 0.05) is 18.2 Å². The van der Waals surface area contributed by atoms with Crippen molar-refractivity contribution in [2.75, 3.05) is 33.0 Å². The highest BCUT2D eigenvalue weighted by atomic mass is 19.4. The molecule has 1 aromatic heterocycles. The maximum atomic E-state index is 13.5. The molecule has 0 unspecified atom stereocenters. The molecule has 29 heavy (non-hydrogen) atoms. The van der Waals surface area contributed by atoms with Crippen LogP contribution in [0.25, 0.3) is 11.3 Å². The molecule has 0 saturated heterocycles. The number of hydrogen-bond acceptors (Lipinski definition) is 6. The number of carbonyl (C=O) groups is 1. The lowest BCUT2D eigenvalue weighted by molar-refractivity contribution is -0.137. The van der Waals surface area contributed by atoms with Crippen LogP contribution in [0.5, 0.6) is 5.75 Å². The van der Waals surface area contributed by atoms with Gasteiger partial charge >= 0.3 is 6.18 Å². The molecule has 0 aliphatic carbocycles. The van der Waals surface area contributed by atoms with E-state index >= 15 is 0 Å². The fourth-order valence-corrected chi connectivity index (χ4v) is 2.46. The average molecular weight is 416 g/mol. The summed E-state index contributed by atoms with van der Waals surface area (Å²) in [6.07, 6.45) is -4.11. The first kappa shape index (κ1) is 22.7. The van der Waals surface area contributed by atoms with E-state index in [1.807, 2.05) is 6.92 Å². The maximum absolute atomic E-state index is 13.5. The zero-order valence-corrected chi connectivity index (χ0v) is 15.9. The van der Waals surface area contributed by atoms with E-state index in [9.17, 15) is 18.0 Å². The quantitative estimate of drug-likeness (QED) is 0.547. The number of rotatable bonds is 11. The largest absolute Gasteiger partial charge is 0.494 e. The van der Waals surface area contributed by atoms with E-state index in [0.29, 0.717) is 13.0 Å². The Morgan fingerprint density at radius 2 is 2.03 bits per heavy atom. The van der Waals surface area contributed by atoms with E-state index in [0.717, 1.165) is 6.07 Å². The highest BCUT2D eigenvalue weighted by Crippen LogP contribution is 2.39. The van der Waals surface area contributed by atoms with Crippen molar-refractivity contribution in [2.24, 2.45) is 0 Å². The Morgan fingerprint density at radius 1 is 1.24 bits per heavy atom. The Labute approximate surface area is 165 Å². The van der Waals surface area contributed by atoms with E-state index in [4.69, 9.17) is 19.1 Å². The highest BCUT2D eigenvalue weighted by molar-refractivity contribution is 5.78. The van der Waals surface area contributed by atoms with E-state index < -0.39 is 11.7 Å². The Balaban J connectivity index is 2.08. The summed E-state index contributed by atoms with van der Waals surface area (Å²) < 4.78 is 55.7. The molecule has 0 saturated carbocycles. The molecule has 0 spiro atoms. The zero-order valence-electron chi connectivity index (χ0n) is 15.9. The van der Waals surface area contributed by atoms with Crippen LogP contribution in [0.15, 0.2) is 28.8 Å². The van der Waals surface area contributed by atoms with Gasteiger partial charge in [-0.2, -0.15) is 13.2 Å². The van der Waals surface area contributed by atoms with Crippen molar-refractivity contribution < 1.29 is 37.1 Å². The second kappa shape index (κ2) is 10.8. The van der Waals surface area contributed by atoms with Crippen molar-refractivity contribution in [1.82, 2.24) is 10.5 Å². The number of carbonyl (C=O) groups excluding carboxylic acids is 1. The summed E-state index contributed by atoms with van der Waals surface area (Å²) in [5, 5.41) is 14.8. The Hall–Kier alpha value is -2.59. The number of alkyl halides is 3. The van der Waals surface area contributed by atoms with Crippen LogP contribution in [0.2, 0.25) is 0 Å². The number of aliphatic hydroxyl groups excluding tert-OH is 1. The number of ether oxygens (including phenoxy) is 2. The van der Waals surface area contributed by atoms with E-state index in [-0.39, 0.29) is 61.5 Å². The first-order chi connectivity index (χ1) is 13.8. The van der Waals surface area contributed by atoms with Crippen molar-refractivity contribution in [3.8, 4) is 17.0 Å². The number of hydrogen-bond donors (Lipinski definition) is 2. The third-order valence-corrected chi connectivity index (χ3v) is 3.74. The number of benzene rings is 1. The van der Waals surface area contributed by atoms with Gasteiger partial charge in [0.1, 0.15) is 17.2 Å². The van der Waals surface area contributed by atoms with Gasteiger partial charge in [0.25, 0.3) is 0 Å². The van der Waals surface area contributed by atoms with E-state index in [1.165, 1.54) is 18.2 Å². The Bertz CT molecular complexity index is 792. The first-order valence-electron chi connectivity index (χ1n) is 9.10. The van der Waals surface area contributed by atoms with Crippen molar-refractivity contribution in [3.63, 3.8) is 0 Å². The van der Waals surface area contributed by atoms with Gasteiger partial charge in [-0.3, -0.25) is 4.79 Å². The summed E-state index contributed by atoms with van der Waals surface area (Å²) in [5.41, 5.74) is -1.07. The molecule has 0 aliphatic heterocycles. The van der Waals surface area contributed by atoms with Gasteiger partial charge in [0.2, 0.25) is 5.91 Å². The fourth-order valence-electron chi connectivity index (χ4n) is 2.46. The molecule has 160 valence electrons. The fraction of sp³-hybridized carbons (Fsp3) is 0.474. The van der Waals surface area contributed by atoms with E-state index in [1.54, 1.807) is 0 Å². The summed E-state index contributed by atoms with van der Waals surface area (Å²) in [6.45, 7) is 2.69. The van der Waals surface area contributed by atoms with Gasteiger partial charge in [-0.05, 0) is 24.6 Å². The van der Waals surface area contributed by atoms with Crippen LogP contribution in [0.4, 0.5) is 13.2 Å². The van der Waals surface area contributed by atoms with E-state index in [2.05, 4.69) is 10.5 Å². The Morgan fingerprint density at radius 3 is 2.72 bits per heavy atom. The lowest BCUT2D eigenvalue weighted by atomic mass is 10.0. The zero-order chi connectivity index (χ0) is 21.3. The number of amides is 1. The standard InChI is InChI=1S/C19H23F3N2O5/c1-2-7-28-13-3-4-15(16(10-13)19(20,21)22)17-11-14(29-24-17)12-18(26)23-5-8-27-9-6-25/h3-4,10-11,25H,2,5-9,12H2,1H3,(H,23,26). The lowest BCUT2D eigenvalue weighted by Crippen LogP contribution is -2.28. The van der Waals surface area contributed by atoms with Gasteiger partial charge in [-0.1, -0.05) is 12.1 Å². The second-order valence-electron chi connectivity index (χ2n) is 6.09. The van der Waals surface area contributed by atoms with Gasteiger partial charge in [-0.15, -0.1) is 0 Å². The third kappa shape index (κ3) is 7.06. The molecule has 2 aromatic rings. The molecule has 2 rings (SSSR count). The first-order valence-corrected chi connectivity index (χ1v) is 9.10. The minimum atomic E-state index is -4.61. The molecule has 0 radical (unpaired) electrons. The molecule has 1 heterocycles. The molecular weight excluding hydrogens is 393 g/mol. The normalized spacial score (nSPS) is 11.5. The van der Waals surface area contributed by atoms with Gasteiger partial charge < -0.3 is 24.4 Å². The number of aromatic nitrogens is 1.